The van der Waals surface area contributed by atoms with Gasteiger partial charge < -0.3 is 15.1 Å². The molecule has 0 aliphatic rings. The Kier molecular flexibility index (Phi) is 5.90. The molecule has 0 saturated carbocycles. The van der Waals surface area contributed by atoms with Crippen LogP contribution in [0, 0.1) is 0 Å². The highest BCUT2D eigenvalue weighted by molar-refractivity contribution is 7.27. The van der Waals surface area contributed by atoms with Gasteiger partial charge in [0.1, 0.15) is 5.58 Å². The van der Waals surface area contributed by atoms with Gasteiger partial charge in [-0.3, -0.25) is 0 Å². The summed E-state index contributed by atoms with van der Waals surface area (Å²) in [4.78, 5) is 2.39. The van der Waals surface area contributed by atoms with E-state index in [0.717, 1.165) is 60.3 Å². The Morgan fingerprint density at radius 1 is 0.479 bits per heavy atom. The summed E-state index contributed by atoms with van der Waals surface area (Å²) in [6.07, 6.45) is 0. The highest BCUT2D eigenvalue weighted by Crippen LogP contribution is 2.52. The smallest absolute Gasteiger partial charge is 0.159 e. The van der Waals surface area contributed by atoms with Crippen LogP contribution in [0.25, 0.3) is 74.8 Å². The van der Waals surface area contributed by atoms with E-state index in [9.17, 15) is 0 Å². The van der Waals surface area contributed by atoms with Gasteiger partial charge in [-0.25, -0.2) is 0 Å². The van der Waals surface area contributed by atoms with Crippen LogP contribution in [0.1, 0.15) is 0 Å². The molecule has 2 N–H and O–H groups in total. The van der Waals surface area contributed by atoms with Crippen molar-refractivity contribution in [2.45, 2.75) is 0 Å². The van der Waals surface area contributed by atoms with Crippen LogP contribution in [0.2, 0.25) is 0 Å². The summed E-state index contributed by atoms with van der Waals surface area (Å²) < 4.78 is 9.00. The van der Waals surface area contributed by atoms with Gasteiger partial charge in [0.2, 0.25) is 0 Å². The van der Waals surface area contributed by atoms with Crippen LogP contribution in [-0.2, 0) is 0 Å². The lowest BCUT2D eigenvalue weighted by Gasteiger charge is -2.27. The van der Waals surface area contributed by atoms with Gasteiger partial charge in [0.25, 0.3) is 0 Å². The second-order valence-corrected chi connectivity index (χ2v) is 13.3. The molecule has 0 spiro atoms. The highest BCUT2D eigenvalue weighted by atomic mass is 32.1. The molecule has 4 heteroatoms. The average Bonchev–Trinajstić information content (AvgIpc) is 3.74. The number of nitrogens with two attached hydrogens (primary N) is 1. The Morgan fingerprint density at radius 2 is 1.10 bits per heavy atom. The standard InChI is InChI=1S/C44H28N2OS/c45-36-25-29-14-4-6-18-32(29)40-41-33-19-7-5-15-30(33)26-38(44(41)48-43(36)40)46(31-17-10-16-28(24-31)27-12-2-1-3-13-27)37-22-11-21-35-34-20-8-9-23-39(34)47-42(35)37/h1-26H,45H2. The molecule has 0 saturated heterocycles. The van der Waals surface area contributed by atoms with Gasteiger partial charge in [-0.05, 0) is 69.1 Å². The minimum atomic E-state index is 0.803. The van der Waals surface area contributed by atoms with Crippen molar-refractivity contribution in [1.82, 2.24) is 0 Å². The summed E-state index contributed by atoms with van der Waals surface area (Å²) in [7, 11) is 0. The first kappa shape index (κ1) is 27.1. The lowest BCUT2D eigenvalue weighted by Crippen LogP contribution is -2.10. The molecule has 0 amide bonds. The Hall–Kier alpha value is -6.10. The minimum absolute atomic E-state index is 0.803. The molecule has 0 fully saturated rings. The number of rotatable bonds is 4. The van der Waals surface area contributed by atoms with Crippen LogP contribution in [0.4, 0.5) is 22.7 Å². The van der Waals surface area contributed by atoms with Crippen molar-refractivity contribution in [1.29, 1.82) is 0 Å². The van der Waals surface area contributed by atoms with Crippen LogP contribution >= 0.6 is 11.3 Å². The van der Waals surface area contributed by atoms with Crippen LogP contribution in [0.15, 0.2) is 162 Å². The second-order valence-electron chi connectivity index (χ2n) is 12.3. The molecule has 0 unspecified atom stereocenters. The molecule has 3 nitrogen and oxygen atoms in total. The lowest BCUT2D eigenvalue weighted by atomic mass is 9.97. The second kappa shape index (κ2) is 10.5. The van der Waals surface area contributed by atoms with E-state index in [4.69, 9.17) is 10.2 Å². The number of nitrogens with zero attached hydrogens (tertiary/aromatic N) is 1. The van der Waals surface area contributed by atoms with Crippen molar-refractivity contribution >= 4 is 97.7 Å². The third-order valence-corrected chi connectivity index (χ3v) is 10.8. The summed E-state index contributed by atoms with van der Waals surface area (Å²) in [6, 6.07) is 55.9. The number of hydrogen-bond donors (Lipinski definition) is 1. The molecule has 10 rings (SSSR count). The molecule has 48 heavy (non-hydrogen) atoms. The third kappa shape index (κ3) is 4.00. The van der Waals surface area contributed by atoms with E-state index in [-0.39, 0.29) is 0 Å². The number of anilines is 4. The zero-order chi connectivity index (χ0) is 31.8. The third-order valence-electron chi connectivity index (χ3n) is 9.54. The molecule has 0 atom stereocenters. The van der Waals surface area contributed by atoms with Crippen molar-refractivity contribution in [2.75, 3.05) is 10.6 Å². The van der Waals surface area contributed by atoms with Crippen molar-refractivity contribution in [3.63, 3.8) is 0 Å². The summed E-state index contributed by atoms with van der Waals surface area (Å²) in [5, 5.41) is 9.40. The number of fused-ring (bicyclic) bond motifs is 10. The Morgan fingerprint density at radius 3 is 1.92 bits per heavy atom. The van der Waals surface area contributed by atoms with E-state index in [2.05, 4.69) is 150 Å². The van der Waals surface area contributed by atoms with Gasteiger partial charge >= 0.3 is 0 Å². The van der Waals surface area contributed by atoms with Crippen LogP contribution in [-0.4, -0.2) is 0 Å². The van der Waals surface area contributed by atoms with Crippen molar-refractivity contribution in [3.05, 3.63) is 158 Å². The van der Waals surface area contributed by atoms with E-state index in [0.29, 0.717) is 0 Å². The van der Waals surface area contributed by atoms with Gasteiger partial charge in [0, 0.05) is 27.2 Å². The number of thiophene rings is 1. The Balaban J connectivity index is 1.37. The number of hydrogen-bond acceptors (Lipinski definition) is 4. The zero-order valence-corrected chi connectivity index (χ0v) is 26.7. The monoisotopic (exact) mass is 632 g/mol. The van der Waals surface area contributed by atoms with Gasteiger partial charge in [-0.2, -0.15) is 0 Å². The normalized spacial score (nSPS) is 11.8. The molecule has 0 aliphatic heterocycles. The lowest BCUT2D eigenvalue weighted by molar-refractivity contribution is 0.669. The van der Waals surface area contributed by atoms with Crippen LogP contribution in [0.3, 0.4) is 0 Å². The van der Waals surface area contributed by atoms with Gasteiger partial charge in [0.05, 0.1) is 26.5 Å². The maximum Gasteiger partial charge on any atom is 0.159 e. The number of furan rings is 1. The molecule has 0 bridgehead atoms. The fourth-order valence-electron chi connectivity index (χ4n) is 7.41. The predicted octanol–water partition coefficient (Wildman–Crippen LogP) is 13.0. The molecular weight excluding hydrogens is 605 g/mol. The average molecular weight is 633 g/mol. The molecule has 2 aromatic heterocycles. The maximum absolute atomic E-state index is 6.86. The maximum atomic E-state index is 6.86. The largest absolute Gasteiger partial charge is 0.454 e. The fraction of sp³-hybridized carbons (Fsp3) is 0. The van der Waals surface area contributed by atoms with Gasteiger partial charge in [0.15, 0.2) is 5.58 Å². The first-order chi connectivity index (χ1) is 23.7. The minimum Gasteiger partial charge on any atom is -0.454 e. The summed E-state index contributed by atoms with van der Waals surface area (Å²) in [5.41, 5.74) is 14.9. The van der Waals surface area contributed by atoms with Crippen LogP contribution in [0.5, 0.6) is 0 Å². The molecule has 10 aromatic rings. The Bertz CT molecular complexity index is 2870. The molecule has 0 radical (unpaired) electrons. The van der Waals surface area contributed by atoms with Gasteiger partial charge in [-0.15, -0.1) is 11.3 Å². The van der Waals surface area contributed by atoms with Crippen molar-refractivity contribution in [3.8, 4) is 11.1 Å². The first-order valence-corrected chi connectivity index (χ1v) is 17.0. The van der Waals surface area contributed by atoms with Crippen LogP contribution < -0.4 is 10.6 Å². The van der Waals surface area contributed by atoms with Crippen molar-refractivity contribution in [2.24, 2.45) is 0 Å². The topological polar surface area (TPSA) is 42.4 Å². The Labute approximate surface area is 280 Å². The summed E-state index contributed by atoms with van der Waals surface area (Å²) >= 11 is 1.78. The van der Waals surface area contributed by atoms with E-state index < -0.39 is 0 Å². The number of benzene rings is 8. The highest BCUT2D eigenvalue weighted by Gasteiger charge is 2.25. The van der Waals surface area contributed by atoms with Gasteiger partial charge in [-0.1, -0.05) is 121 Å². The predicted molar refractivity (Wildman–Crippen MR) is 206 cm³/mol. The van der Waals surface area contributed by atoms with E-state index in [1.54, 1.807) is 11.3 Å². The molecule has 8 aromatic carbocycles. The molecule has 0 aliphatic carbocycles. The fourth-order valence-corrected chi connectivity index (χ4v) is 8.68. The SMILES string of the molecule is Nc1cc2ccccc2c2c1sc1c(N(c3cccc(-c4ccccc4)c3)c3cccc4c3oc3ccccc34)cc3ccccc3c12. The molecular formula is C44H28N2OS. The quantitative estimate of drug-likeness (QED) is 0.196. The first-order valence-electron chi connectivity index (χ1n) is 16.1. The molecule has 226 valence electrons. The summed E-state index contributed by atoms with van der Waals surface area (Å²) in [6.45, 7) is 0. The number of para-hydroxylation sites is 2. The zero-order valence-electron chi connectivity index (χ0n) is 25.9. The number of nitrogen functional groups attached to an aromatic ring is 1. The van der Waals surface area contributed by atoms with E-state index in [1.165, 1.54) is 37.2 Å². The molecule has 2 heterocycles. The van der Waals surface area contributed by atoms with E-state index in [1.807, 2.05) is 12.1 Å². The van der Waals surface area contributed by atoms with E-state index >= 15 is 0 Å². The van der Waals surface area contributed by atoms with Crippen molar-refractivity contribution < 1.29 is 4.42 Å². The summed E-state index contributed by atoms with van der Waals surface area (Å²) in [5.74, 6) is 0.